The van der Waals surface area contributed by atoms with E-state index in [1.54, 1.807) is 12.1 Å². The van der Waals surface area contributed by atoms with Crippen LogP contribution in [0.2, 0.25) is 0 Å². The van der Waals surface area contributed by atoms with Crippen LogP contribution in [0.4, 0.5) is 10.5 Å². The Bertz CT molecular complexity index is 733. The Labute approximate surface area is 153 Å². The van der Waals surface area contributed by atoms with Crippen molar-refractivity contribution < 1.29 is 14.7 Å². The Kier molecular flexibility index (Phi) is 5.43. The third-order valence-electron chi connectivity index (χ3n) is 4.96. The van der Waals surface area contributed by atoms with Gasteiger partial charge in [-0.3, -0.25) is 9.69 Å². The molecule has 0 atom stereocenters. The maximum Gasteiger partial charge on any atom is 0.319 e. The van der Waals surface area contributed by atoms with E-state index in [1.807, 2.05) is 17.9 Å². The second kappa shape index (κ2) is 7.75. The molecule has 0 spiro atoms. The van der Waals surface area contributed by atoms with E-state index < -0.39 is 5.97 Å². The van der Waals surface area contributed by atoms with E-state index in [2.05, 4.69) is 16.7 Å². The number of carbonyl (C=O) groups excluding carboxylic acids is 1. The Morgan fingerprint density at radius 3 is 2.65 bits per heavy atom. The molecule has 2 aliphatic rings. The summed E-state index contributed by atoms with van der Waals surface area (Å²) in [6.45, 7) is 2.79. The van der Waals surface area contributed by atoms with Gasteiger partial charge in [-0.05, 0) is 62.3 Å². The van der Waals surface area contributed by atoms with E-state index in [-0.39, 0.29) is 24.7 Å². The molecule has 3 N–H and O–H groups in total. The van der Waals surface area contributed by atoms with Crippen LogP contribution in [0, 0.1) is 24.2 Å². The second-order valence-corrected chi connectivity index (χ2v) is 7.39. The maximum atomic E-state index is 12.2. The summed E-state index contributed by atoms with van der Waals surface area (Å²) in [7, 11) is 0. The number of carboxylic acids is 1. The lowest BCUT2D eigenvalue weighted by atomic mass is 9.85. The highest BCUT2D eigenvalue weighted by atomic mass is 16.4. The molecule has 0 bridgehead atoms. The summed E-state index contributed by atoms with van der Waals surface area (Å²) in [6, 6.07) is 7.27. The predicted molar refractivity (Wildman–Crippen MR) is 96.8 cm³/mol. The standard InChI is InChI=1S/C19H24N4O3/c1-12-4-14(9-20)6-15(5-12)21-19(26)22-16-7-17(8-16)23(11-18(24)25)10-13-2-3-13/h4-6,13,16-17H,2-3,7-8,10-11H2,1H3,(H,24,25)(H2,21,22,26). The van der Waals surface area contributed by atoms with E-state index in [0.717, 1.165) is 24.9 Å². The number of aryl methyl sites for hydroxylation is 1. The molecule has 0 unspecified atom stereocenters. The molecule has 138 valence electrons. The van der Waals surface area contributed by atoms with Crippen LogP contribution in [0.3, 0.4) is 0 Å². The number of aliphatic carboxylic acids is 1. The number of amides is 2. The summed E-state index contributed by atoms with van der Waals surface area (Å²) in [4.78, 5) is 25.2. The van der Waals surface area contributed by atoms with Gasteiger partial charge in [0.2, 0.25) is 0 Å². The molecular formula is C19H24N4O3. The molecule has 1 aromatic carbocycles. The number of urea groups is 1. The fourth-order valence-electron chi connectivity index (χ4n) is 3.42. The van der Waals surface area contributed by atoms with Gasteiger partial charge in [-0.2, -0.15) is 5.26 Å². The lowest BCUT2D eigenvalue weighted by Crippen LogP contribution is -2.55. The average Bonchev–Trinajstić information content (AvgIpc) is 3.32. The zero-order valence-corrected chi connectivity index (χ0v) is 14.9. The monoisotopic (exact) mass is 356 g/mol. The van der Waals surface area contributed by atoms with Crippen molar-refractivity contribution in [3.63, 3.8) is 0 Å². The van der Waals surface area contributed by atoms with E-state index in [0.29, 0.717) is 17.2 Å². The molecule has 2 aliphatic carbocycles. The fraction of sp³-hybridized carbons (Fsp3) is 0.526. The van der Waals surface area contributed by atoms with E-state index in [1.165, 1.54) is 12.8 Å². The molecule has 7 heteroatoms. The van der Waals surface area contributed by atoms with Gasteiger partial charge in [0.15, 0.2) is 0 Å². The fourth-order valence-corrected chi connectivity index (χ4v) is 3.42. The third-order valence-corrected chi connectivity index (χ3v) is 4.96. The van der Waals surface area contributed by atoms with Gasteiger partial charge in [0.05, 0.1) is 18.2 Å². The molecule has 0 heterocycles. The molecule has 2 amide bonds. The molecule has 26 heavy (non-hydrogen) atoms. The van der Waals surface area contributed by atoms with Gasteiger partial charge in [-0.15, -0.1) is 0 Å². The minimum Gasteiger partial charge on any atom is -0.480 e. The molecule has 0 saturated heterocycles. The van der Waals surface area contributed by atoms with E-state index in [4.69, 9.17) is 10.4 Å². The number of nitriles is 1. The zero-order valence-electron chi connectivity index (χ0n) is 14.9. The smallest absolute Gasteiger partial charge is 0.319 e. The molecular weight excluding hydrogens is 332 g/mol. The van der Waals surface area contributed by atoms with Gasteiger partial charge in [0.1, 0.15) is 0 Å². The highest BCUT2D eigenvalue weighted by molar-refractivity contribution is 5.89. The van der Waals surface area contributed by atoms with Crippen molar-refractivity contribution >= 4 is 17.7 Å². The lowest BCUT2D eigenvalue weighted by molar-refractivity contribution is -0.139. The van der Waals surface area contributed by atoms with Crippen LogP contribution in [0.1, 0.15) is 36.8 Å². The van der Waals surface area contributed by atoms with Gasteiger partial charge in [-0.25, -0.2) is 4.79 Å². The Morgan fingerprint density at radius 1 is 1.31 bits per heavy atom. The summed E-state index contributed by atoms with van der Waals surface area (Å²) < 4.78 is 0. The number of anilines is 1. The van der Waals surface area contributed by atoms with Gasteiger partial charge in [0, 0.05) is 24.3 Å². The van der Waals surface area contributed by atoms with Crippen LogP contribution in [-0.2, 0) is 4.79 Å². The number of hydrogen-bond acceptors (Lipinski definition) is 4. The SMILES string of the molecule is Cc1cc(C#N)cc(NC(=O)NC2CC(N(CC(=O)O)CC3CC3)C2)c1. The number of rotatable bonds is 7. The van der Waals surface area contributed by atoms with Crippen molar-refractivity contribution in [1.29, 1.82) is 5.26 Å². The number of nitrogens with one attached hydrogen (secondary N) is 2. The summed E-state index contributed by atoms with van der Waals surface area (Å²) in [5, 5.41) is 23.8. The predicted octanol–water partition coefficient (Wildman–Crippen LogP) is 2.32. The van der Waals surface area contributed by atoms with Crippen molar-refractivity contribution in [2.45, 2.75) is 44.7 Å². The van der Waals surface area contributed by atoms with Crippen LogP contribution < -0.4 is 10.6 Å². The summed E-state index contributed by atoms with van der Waals surface area (Å²) in [5.74, 6) is -0.159. The number of benzene rings is 1. The van der Waals surface area contributed by atoms with Crippen LogP contribution in [-0.4, -0.2) is 47.2 Å². The normalized spacial score (nSPS) is 21.6. The largest absolute Gasteiger partial charge is 0.480 e. The number of carboxylic acid groups (broad SMARTS) is 1. The van der Waals surface area contributed by atoms with Crippen LogP contribution >= 0.6 is 0 Å². The summed E-state index contributed by atoms with van der Waals surface area (Å²) in [5.41, 5.74) is 2.01. The maximum absolute atomic E-state index is 12.2. The zero-order chi connectivity index (χ0) is 18.7. The third kappa shape index (κ3) is 4.96. The molecule has 1 aromatic rings. The summed E-state index contributed by atoms with van der Waals surface area (Å²) >= 11 is 0. The second-order valence-electron chi connectivity index (χ2n) is 7.39. The van der Waals surface area contributed by atoms with Crippen LogP contribution in [0.15, 0.2) is 18.2 Å². The van der Waals surface area contributed by atoms with Crippen molar-refractivity contribution in [2.75, 3.05) is 18.4 Å². The topological polar surface area (TPSA) is 105 Å². The first-order valence-electron chi connectivity index (χ1n) is 8.98. The van der Waals surface area contributed by atoms with Crippen molar-refractivity contribution in [1.82, 2.24) is 10.2 Å². The molecule has 7 nitrogen and oxygen atoms in total. The highest BCUT2D eigenvalue weighted by Crippen LogP contribution is 2.33. The van der Waals surface area contributed by atoms with Crippen molar-refractivity contribution in [3.05, 3.63) is 29.3 Å². The minimum absolute atomic E-state index is 0.0516. The Hall–Kier alpha value is -2.59. The van der Waals surface area contributed by atoms with Gasteiger partial charge in [-0.1, -0.05) is 0 Å². The highest BCUT2D eigenvalue weighted by Gasteiger charge is 2.37. The molecule has 0 radical (unpaired) electrons. The lowest BCUT2D eigenvalue weighted by Gasteiger charge is -2.42. The van der Waals surface area contributed by atoms with E-state index >= 15 is 0 Å². The minimum atomic E-state index is -0.799. The number of carbonyl (C=O) groups is 2. The Morgan fingerprint density at radius 2 is 2.04 bits per heavy atom. The number of nitrogens with zero attached hydrogens (tertiary/aromatic N) is 2. The van der Waals surface area contributed by atoms with Crippen LogP contribution in [0.25, 0.3) is 0 Å². The molecule has 0 aromatic heterocycles. The first kappa shape index (κ1) is 18.2. The average molecular weight is 356 g/mol. The summed E-state index contributed by atoms with van der Waals surface area (Å²) in [6.07, 6.45) is 3.91. The van der Waals surface area contributed by atoms with Gasteiger partial charge in [0.25, 0.3) is 0 Å². The van der Waals surface area contributed by atoms with Gasteiger partial charge >= 0.3 is 12.0 Å². The van der Waals surface area contributed by atoms with E-state index in [9.17, 15) is 9.59 Å². The van der Waals surface area contributed by atoms with Crippen LogP contribution in [0.5, 0.6) is 0 Å². The van der Waals surface area contributed by atoms with Crippen molar-refractivity contribution in [3.8, 4) is 6.07 Å². The first-order valence-corrected chi connectivity index (χ1v) is 8.98. The number of hydrogen-bond donors (Lipinski definition) is 3. The molecule has 3 rings (SSSR count). The molecule has 2 saturated carbocycles. The van der Waals surface area contributed by atoms with Crippen molar-refractivity contribution in [2.24, 2.45) is 5.92 Å². The Balaban J connectivity index is 1.47. The molecule has 2 fully saturated rings. The first-order chi connectivity index (χ1) is 12.4. The molecule has 0 aliphatic heterocycles. The van der Waals surface area contributed by atoms with Gasteiger partial charge < -0.3 is 15.7 Å². The quantitative estimate of drug-likeness (QED) is 0.695.